The summed E-state index contributed by atoms with van der Waals surface area (Å²) < 4.78 is 31.7. The van der Waals surface area contributed by atoms with E-state index in [0.29, 0.717) is 54.1 Å². The second kappa shape index (κ2) is 17.4. The number of carbonyl (C=O) groups excluding carboxylic acids is 3. The third kappa shape index (κ3) is 9.04. The van der Waals surface area contributed by atoms with Crippen LogP contribution < -0.4 is 31.7 Å². The Morgan fingerprint density at radius 2 is 1.55 bits per heavy atom. The maximum atomic E-state index is 15.2. The minimum absolute atomic E-state index is 0.0552. The fourth-order valence-electron chi connectivity index (χ4n) is 8.88. The van der Waals surface area contributed by atoms with Crippen molar-refractivity contribution in [1.29, 1.82) is 0 Å². The summed E-state index contributed by atoms with van der Waals surface area (Å²) >= 11 is 0. The van der Waals surface area contributed by atoms with E-state index in [1.54, 1.807) is 54.7 Å². The number of nitrogens with one attached hydrogen (secondary N) is 4. The van der Waals surface area contributed by atoms with Gasteiger partial charge in [0.1, 0.15) is 17.6 Å². The Hall–Kier alpha value is -5.70. The van der Waals surface area contributed by atoms with Crippen molar-refractivity contribution in [2.24, 2.45) is 5.92 Å². The molecule has 2 aliphatic heterocycles. The van der Waals surface area contributed by atoms with Gasteiger partial charge in [0.15, 0.2) is 5.82 Å². The van der Waals surface area contributed by atoms with E-state index in [0.717, 1.165) is 70.7 Å². The smallest absolute Gasteiger partial charge is 0.255 e. The van der Waals surface area contributed by atoms with Gasteiger partial charge in [-0.1, -0.05) is 18.2 Å². The summed E-state index contributed by atoms with van der Waals surface area (Å²) in [6.07, 6.45) is 10.4. The van der Waals surface area contributed by atoms with Gasteiger partial charge in [-0.25, -0.2) is 18.7 Å². The zero-order valence-corrected chi connectivity index (χ0v) is 32.3. The summed E-state index contributed by atoms with van der Waals surface area (Å²) in [7, 11) is 0. The lowest BCUT2D eigenvalue weighted by Gasteiger charge is -2.43. The van der Waals surface area contributed by atoms with E-state index in [-0.39, 0.29) is 59.2 Å². The molecule has 0 radical (unpaired) electrons. The van der Waals surface area contributed by atoms with Crippen LogP contribution >= 0.6 is 0 Å². The molecule has 2 aliphatic carbocycles. The summed E-state index contributed by atoms with van der Waals surface area (Å²) in [5.41, 5.74) is 2.16. The molecule has 304 valence electrons. The Bertz CT molecular complexity index is 2190. The second-order valence-corrected chi connectivity index (χ2v) is 15.9. The molecule has 2 saturated carbocycles. The van der Waals surface area contributed by atoms with Crippen molar-refractivity contribution in [3.8, 4) is 16.9 Å². The van der Waals surface area contributed by atoms with E-state index >= 15 is 4.39 Å². The van der Waals surface area contributed by atoms with Gasteiger partial charge in [0.25, 0.3) is 5.56 Å². The number of piperidine rings is 1. The number of imide groups is 1. The van der Waals surface area contributed by atoms with E-state index < -0.39 is 11.9 Å². The molecule has 58 heavy (non-hydrogen) atoms. The van der Waals surface area contributed by atoms with Gasteiger partial charge in [0, 0.05) is 85.8 Å². The summed E-state index contributed by atoms with van der Waals surface area (Å²) in [6, 6.07) is 17.0. The zero-order valence-electron chi connectivity index (χ0n) is 32.3. The third-order valence-electron chi connectivity index (χ3n) is 12.1. The first-order chi connectivity index (χ1) is 28.2. The molecule has 4 heterocycles. The number of hydrogen-bond acceptors (Lipinski definition) is 10. The van der Waals surface area contributed by atoms with Crippen LogP contribution in [0.2, 0.25) is 0 Å². The van der Waals surface area contributed by atoms with Gasteiger partial charge in [-0.2, -0.15) is 0 Å². The number of pyridine rings is 1. The van der Waals surface area contributed by atoms with Crippen LogP contribution in [0.15, 0.2) is 77.9 Å². The molecule has 2 aromatic carbocycles. The van der Waals surface area contributed by atoms with E-state index in [2.05, 4.69) is 41.0 Å². The lowest BCUT2D eigenvalue weighted by Crippen LogP contribution is -2.52. The topological polar surface area (TPSA) is 154 Å². The maximum Gasteiger partial charge on any atom is 0.255 e. The molecule has 4 aliphatic rings. The number of hydrogen-bond donors (Lipinski definition) is 4. The average Bonchev–Trinajstić information content (AvgIpc) is 3.23. The number of benzene rings is 2. The van der Waals surface area contributed by atoms with Crippen LogP contribution in [0, 0.1) is 17.6 Å². The maximum absolute atomic E-state index is 15.2. The van der Waals surface area contributed by atoms with Crippen molar-refractivity contribution in [1.82, 2.24) is 30.1 Å². The van der Waals surface area contributed by atoms with Crippen LogP contribution in [0.4, 0.5) is 26.1 Å². The monoisotopic (exact) mass is 793 g/mol. The van der Waals surface area contributed by atoms with Gasteiger partial charge in [-0.3, -0.25) is 34.0 Å². The number of carbonyl (C=O) groups is 3. The van der Waals surface area contributed by atoms with Crippen molar-refractivity contribution < 1.29 is 23.2 Å². The van der Waals surface area contributed by atoms with Crippen molar-refractivity contribution >= 4 is 35.0 Å². The molecule has 4 aromatic rings. The van der Waals surface area contributed by atoms with Gasteiger partial charge in [-0.05, 0) is 94.2 Å². The van der Waals surface area contributed by atoms with Crippen LogP contribution in [-0.2, 0) is 14.4 Å². The minimum atomic E-state index is -0.562. The van der Waals surface area contributed by atoms with Gasteiger partial charge in [0.2, 0.25) is 23.7 Å². The highest BCUT2D eigenvalue weighted by atomic mass is 19.1. The third-order valence-corrected chi connectivity index (χ3v) is 12.1. The quantitative estimate of drug-likeness (QED) is 0.161. The Morgan fingerprint density at radius 3 is 2.29 bits per heavy atom. The van der Waals surface area contributed by atoms with Crippen molar-refractivity contribution in [2.45, 2.75) is 88.4 Å². The van der Waals surface area contributed by atoms with Gasteiger partial charge >= 0.3 is 0 Å². The SMILES string of the molecule is O=C1CC[C@@H](Nc2ccc(N3CCN(C4CCC(NC(=O)[C@H]5CC[C@H](Nc6ncc(F)c(-c7cccc(-n8ccccc8=O)c7)n6)CC5)CC4)CC3)c(F)c2)C(=O)N1. The predicted molar refractivity (Wildman–Crippen MR) is 217 cm³/mol. The number of anilines is 3. The molecule has 0 spiro atoms. The highest BCUT2D eigenvalue weighted by Crippen LogP contribution is 2.31. The standard InChI is InChI=1S/C43H49F2N9O4/c44-34-25-31(47-36-16-18-38(55)50-42(36)58)13-17-37(34)53-22-20-52(21-23-53)32-14-11-29(12-15-32)48-41(57)27-7-9-30(10-8-27)49-43-46-26-35(45)40(51-43)28-4-3-5-33(24-28)54-19-2-1-6-39(54)56/h1-6,13,17,19,24-27,29-30,32,36,47H,7-12,14-16,18,20-23H2,(H,48,57)(H,46,49,51)(H,50,55,58)/t27-,29?,30-,32?,36-/m1/s1. The van der Waals surface area contributed by atoms with E-state index in [1.807, 2.05) is 0 Å². The first-order valence-electron chi connectivity index (χ1n) is 20.4. The molecular weight excluding hydrogens is 745 g/mol. The molecule has 4 N–H and O–H groups in total. The number of nitrogens with zero attached hydrogens (tertiary/aromatic N) is 5. The molecule has 8 rings (SSSR count). The highest BCUT2D eigenvalue weighted by molar-refractivity contribution is 6.01. The van der Waals surface area contributed by atoms with Crippen molar-refractivity contribution in [2.75, 3.05) is 41.7 Å². The molecule has 15 heteroatoms. The van der Waals surface area contributed by atoms with Crippen LogP contribution in [0.1, 0.15) is 64.2 Å². The lowest BCUT2D eigenvalue weighted by atomic mass is 9.84. The number of halogens is 2. The molecule has 0 unspecified atom stereocenters. The predicted octanol–water partition coefficient (Wildman–Crippen LogP) is 5.01. The minimum Gasteiger partial charge on any atom is -0.374 e. The van der Waals surface area contributed by atoms with Crippen LogP contribution in [0.25, 0.3) is 16.9 Å². The molecule has 3 amide bonds. The van der Waals surface area contributed by atoms with Crippen molar-refractivity contribution in [3.05, 3.63) is 95.0 Å². The fraction of sp³-hybridized carbons (Fsp3) is 0.442. The average molecular weight is 794 g/mol. The van der Waals surface area contributed by atoms with Crippen LogP contribution in [-0.4, -0.2) is 87.5 Å². The molecule has 2 aromatic heterocycles. The summed E-state index contributed by atoms with van der Waals surface area (Å²) in [5.74, 6) is -1.18. The molecule has 2 saturated heterocycles. The van der Waals surface area contributed by atoms with Crippen LogP contribution in [0.3, 0.4) is 0 Å². The highest BCUT2D eigenvalue weighted by Gasteiger charge is 2.33. The van der Waals surface area contributed by atoms with Crippen LogP contribution in [0.5, 0.6) is 0 Å². The first kappa shape index (κ1) is 39.1. The molecular formula is C43H49F2N9O4. The molecule has 1 atom stereocenters. The number of aromatic nitrogens is 3. The van der Waals surface area contributed by atoms with E-state index in [4.69, 9.17) is 0 Å². The largest absolute Gasteiger partial charge is 0.374 e. The number of rotatable bonds is 10. The lowest BCUT2D eigenvalue weighted by molar-refractivity contribution is -0.133. The molecule has 0 bridgehead atoms. The van der Waals surface area contributed by atoms with Gasteiger partial charge in [-0.15, -0.1) is 0 Å². The fourth-order valence-corrected chi connectivity index (χ4v) is 8.88. The summed E-state index contributed by atoms with van der Waals surface area (Å²) in [5, 5.41) is 12.1. The Balaban J connectivity index is 0.760. The van der Waals surface area contributed by atoms with E-state index in [1.165, 1.54) is 16.7 Å². The second-order valence-electron chi connectivity index (χ2n) is 15.9. The van der Waals surface area contributed by atoms with E-state index in [9.17, 15) is 23.6 Å². The first-order valence-corrected chi connectivity index (χ1v) is 20.4. The summed E-state index contributed by atoms with van der Waals surface area (Å²) in [4.78, 5) is 62.5. The Morgan fingerprint density at radius 1 is 0.776 bits per heavy atom. The number of piperazine rings is 1. The number of amides is 3. The van der Waals surface area contributed by atoms with Crippen molar-refractivity contribution in [3.63, 3.8) is 0 Å². The Labute approximate surface area is 335 Å². The normalized spacial score (nSPS) is 24.2. The Kier molecular flexibility index (Phi) is 11.8. The molecule has 13 nitrogen and oxygen atoms in total. The zero-order chi connectivity index (χ0) is 40.2. The van der Waals surface area contributed by atoms with Gasteiger partial charge in [0.05, 0.1) is 11.9 Å². The summed E-state index contributed by atoms with van der Waals surface area (Å²) in [6.45, 7) is 3.10. The molecule has 4 fully saturated rings. The van der Waals surface area contributed by atoms with Gasteiger partial charge < -0.3 is 20.9 Å².